The van der Waals surface area contributed by atoms with E-state index in [4.69, 9.17) is 0 Å². The van der Waals surface area contributed by atoms with E-state index in [1.807, 2.05) is 72.5 Å². The minimum atomic E-state index is -1.39. The summed E-state index contributed by atoms with van der Waals surface area (Å²) in [6.45, 7) is 1.98. The van der Waals surface area contributed by atoms with Crippen molar-refractivity contribution >= 4 is 34.9 Å². The van der Waals surface area contributed by atoms with Gasteiger partial charge in [0.15, 0.2) is 11.6 Å². The SMILES string of the molecule is Cc1ccc2c(c1)N1[C@H](C(=O)c3ccccc3)[C@@H](C(=O)c3ccc(F)cc3)[C@]3(C(=O)Nc4ccccc43)[C@H]1C=C2. The summed E-state index contributed by atoms with van der Waals surface area (Å²) in [6, 6.07) is 26.0. The average molecular weight is 529 g/mol. The molecule has 1 saturated heterocycles. The zero-order chi connectivity index (χ0) is 27.6. The minimum Gasteiger partial charge on any atom is -0.352 e. The van der Waals surface area contributed by atoms with Gasteiger partial charge < -0.3 is 10.2 Å². The van der Waals surface area contributed by atoms with Crippen molar-refractivity contribution in [3.63, 3.8) is 0 Å². The predicted octanol–water partition coefficient (Wildman–Crippen LogP) is 5.99. The molecule has 3 aliphatic heterocycles. The zero-order valence-corrected chi connectivity index (χ0v) is 21.7. The van der Waals surface area contributed by atoms with Gasteiger partial charge in [-0.3, -0.25) is 14.4 Å². The number of nitrogens with zero attached hydrogens (tertiary/aromatic N) is 1. The van der Waals surface area contributed by atoms with Gasteiger partial charge in [0.1, 0.15) is 17.3 Å². The maximum Gasteiger partial charge on any atom is 0.238 e. The number of para-hydroxylation sites is 1. The second kappa shape index (κ2) is 8.85. The molecule has 1 spiro atoms. The number of nitrogens with one attached hydrogen (secondary N) is 1. The van der Waals surface area contributed by atoms with Crippen LogP contribution >= 0.6 is 0 Å². The topological polar surface area (TPSA) is 66.5 Å². The Morgan fingerprint density at radius 1 is 0.850 bits per heavy atom. The first-order valence-corrected chi connectivity index (χ1v) is 13.3. The van der Waals surface area contributed by atoms with Crippen molar-refractivity contribution in [3.8, 4) is 0 Å². The fourth-order valence-corrected chi connectivity index (χ4v) is 6.84. The number of carbonyl (C=O) groups excluding carboxylic acids is 3. The van der Waals surface area contributed by atoms with Crippen molar-refractivity contribution in [2.75, 3.05) is 10.2 Å². The number of hydrogen-bond acceptors (Lipinski definition) is 4. The van der Waals surface area contributed by atoms with Crippen molar-refractivity contribution < 1.29 is 18.8 Å². The Bertz CT molecular complexity index is 1730. The standard InChI is InChI=1S/C34H25FN2O3/c1-20-11-12-21-15-18-28-34(25-9-5-6-10-26(25)36-33(34)40)29(31(38)23-13-16-24(35)17-14-23)30(37(28)27(21)19-20)32(39)22-7-3-2-4-8-22/h2-19,28-30H,1H3,(H,36,40)/t28-,29+,30+,34-/m1/s1. The van der Waals surface area contributed by atoms with E-state index >= 15 is 0 Å². The van der Waals surface area contributed by atoms with E-state index in [9.17, 15) is 18.8 Å². The molecule has 4 atom stereocenters. The number of rotatable bonds is 4. The zero-order valence-electron chi connectivity index (χ0n) is 21.7. The van der Waals surface area contributed by atoms with Crippen LogP contribution in [-0.4, -0.2) is 29.6 Å². The summed E-state index contributed by atoms with van der Waals surface area (Å²) in [4.78, 5) is 45.5. The predicted molar refractivity (Wildman–Crippen MR) is 152 cm³/mol. The third-order valence-corrected chi connectivity index (χ3v) is 8.53. The van der Waals surface area contributed by atoms with Crippen molar-refractivity contribution in [2.45, 2.75) is 24.4 Å². The van der Waals surface area contributed by atoms with Crippen LogP contribution in [0, 0.1) is 18.7 Å². The van der Waals surface area contributed by atoms with E-state index in [1.165, 1.54) is 24.3 Å². The summed E-state index contributed by atoms with van der Waals surface area (Å²) < 4.78 is 13.9. The normalized spacial score (nSPS) is 23.9. The fraction of sp³-hybridized carbons (Fsp3) is 0.147. The van der Waals surface area contributed by atoms with Crippen LogP contribution in [0.5, 0.6) is 0 Å². The Kier molecular flexibility index (Phi) is 5.36. The monoisotopic (exact) mass is 528 g/mol. The van der Waals surface area contributed by atoms with E-state index < -0.39 is 29.2 Å². The Balaban J connectivity index is 1.55. The summed E-state index contributed by atoms with van der Waals surface area (Å²) in [6.07, 6.45) is 3.92. The van der Waals surface area contributed by atoms with Gasteiger partial charge in [0.2, 0.25) is 5.91 Å². The number of amides is 1. The molecule has 0 bridgehead atoms. The van der Waals surface area contributed by atoms with E-state index in [1.54, 1.807) is 24.3 Å². The molecule has 196 valence electrons. The van der Waals surface area contributed by atoms with Gasteiger partial charge in [-0.05, 0) is 60.0 Å². The number of Topliss-reactive ketones (excluding diaryl/α,β-unsaturated/α-hetero) is 2. The summed E-state index contributed by atoms with van der Waals surface area (Å²) in [5, 5.41) is 3.02. The molecule has 0 saturated carbocycles. The molecule has 0 unspecified atom stereocenters. The van der Waals surface area contributed by atoms with Gasteiger partial charge in [-0.1, -0.05) is 72.8 Å². The molecule has 0 radical (unpaired) electrons. The van der Waals surface area contributed by atoms with Crippen LogP contribution in [0.3, 0.4) is 0 Å². The molecule has 4 aromatic rings. The van der Waals surface area contributed by atoms with Gasteiger partial charge in [-0.15, -0.1) is 0 Å². The molecule has 0 aromatic heterocycles. The third kappa shape index (κ3) is 3.29. The molecule has 7 rings (SSSR count). The Hall–Kier alpha value is -4.84. The fourth-order valence-electron chi connectivity index (χ4n) is 6.84. The molecule has 5 nitrogen and oxygen atoms in total. The van der Waals surface area contributed by atoms with Crippen LogP contribution in [0.4, 0.5) is 15.8 Å². The summed E-state index contributed by atoms with van der Waals surface area (Å²) >= 11 is 0. The summed E-state index contributed by atoms with van der Waals surface area (Å²) in [5.41, 5.74) is 3.32. The molecular formula is C34H25FN2O3. The van der Waals surface area contributed by atoms with Gasteiger partial charge in [0, 0.05) is 22.5 Å². The number of benzene rings is 4. The van der Waals surface area contributed by atoms with Gasteiger partial charge >= 0.3 is 0 Å². The number of halogens is 1. The highest BCUT2D eigenvalue weighted by atomic mass is 19.1. The second-order valence-corrected chi connectivity index (χ2v) is 10.7. The molecule has 3 heterocycles. The number of aryl methyl sites for hydroxylation is 1. The average Bonchev–Trinajstić information content (AvgIpc) is 3.45. The molecule has 0 aliphatic carbocycles. The number of ketones is 2. The Morgan fingerprint density at radius 2 is 1.55 bits per heavy atom. The van der Waals surface area contributed by atoms with Crippen LogP contribution in [-0.2, 0) is 10.2 Å². The Labute approximate surface area is 231 Å². The molecule has 3 aliphatic rings. The maximum atomic E-state index is 14.6. The van der Waals surface area contributed by atoms with E-state index in [-0.39, 0.29) is 23.0 Å². The summed E-state index contributed by atoms with van der Waals surface area (Å²) in [5.74, 6) is -2.51. The number of anilines is 2. The van der Waals surface area contributed by atoms with Crippen LogP contribution in [0.2, 0.25) is 0 Å². The first-order valence-electron chi connectivity index (χ1n) is 13.3. The van der Waals surface area contributed by atoms with Crippen LogP contribution < -0.4 is 10.2 Å². The van der Waals surface area contributed by atoms with Gasteiger partial charge in [-0.25, -0.2) is 4.39 Å². The van der Waals surface area contributed by atoms with E-state index in [0.29, 0.717) is 16.8 Å². The number of fused-ring (bicyclic) bond motifs is 6. The minimum absolute atomic E-state index is 0.247. The van der Waals surface area contributed by atoms with Crippen LogP contribution in [0.15, 0.2) is 103 Å². The highest BCUT2D eigenvalue weighted by Crippen LogP contribution is 2.58. The van der Waals surface area contributed by atoms with Crippen LogP contribution in [0.1, 0.15) is 37.4 Å². The molecular weight excluding hydrogens is 503 g/mol. The first-order chi connectivity index (χ1) is 19.4. The van der Waals surface area contributed by atoms with E-state index in [2.05, 4.69) is 5.32 Å². The van der Waals surface area contributed by atoms with Gasteiger partial charge in [0.05, 0.1) is 12.0 Å². The number of carbonyl (C=O) groups is 3. The number of hydrogen-bond donors (Lipinski definition) is 1. The van der Waals surface area contributed by atoms with Crippen molar-refractivity contribution in [1.82, 2.24) is 0 Å². The third-order valence-electron chi connectivity index (χ3n) is 8.53. The van der Waals surface area contributed by atoms with E-state index in [0.717, 1.165) is 16.8 Å². The smallest absolute Gasteiger partial charge is 0.238 e. The molecule has 1 N–H and O–H groups in total. The van der Waals surface area contributed by atoms with Gasteiger partial charge in [-0.2, -0.15) is 0 Å². The van der Waals surface area contributed by atoms with Crippen molar-refractivity contribution in [1.29, 1.82) is 0 Å². The molecule has 40 heavy (non-hydrogen) atoms. The van der Waals surface area contributed by atoms with Crippen LogP contribution in [0.25, 0.3) is 6.08 Å². The highest BCUT2D eigenvalue weighted by Gasteiger charge is 2.70. The summed E-state index contributed by atoms with van der Waals surface area (Å²) in [7, 11) is 0. The molecule has 4 aromatic carbocycles. The molecule has 6 heteroatoms. The largest absolute Gasteiger partial charge is 0.352 e. The lowest BCUT2D eigenvalue weighted by Crippen LogP contribution is -2.51. The first kappa shape index (κ1) is 24.2. The lowest BCUT2D eigenvalue weighted by Gasteiger charge is -2.37. The van der Waals surface area contributed by atoms with Crippen molar-refractivity contribution in [3.05, 3.63) is 137 Å². The van der Waals surface area contributed by atoms with Crippen molar-refractivity contribution in [2.24, 2.45) is 5.92 Å². The molecule has 1 amide bonds. The maximum absolute atomic E-state index is 14.6. The highest BCUT2D eigenvalue weighted by molar-refractivity contribution is 6.18. The lowest BCUT2D eigenvalue weighted by molar-refractivity contribution is -0.121. The second-order valence-electron chi connectivity index (χ2n) is 10.7. The van der Waals surface area contributed by atoms with Gasteiger partial charge in [0.25, 0.3) is 0 Å². The Morgan fingerprint density at radius 3 is 2.33 bits per heavy atom. The molecule has 1 fully saturated rings. The quantitative estimate of drug-likeness (QED) is 0.331. The lowest BCUT2D eigenvalue weighted by atomic mass is 9.64.